The molecule has 3 aliphatic rings. The van der Waals surface area contributed by atoms with Crippen LogP contribution in [0.5, 0.6) is 0 Å². The first kappa shape index (κ1) is 22.8. The van der Waals surface area contributed by atoms with Crippen LogP contribution in [0.2, 0.25) is 0 Å². The SMILES string of the molecule is CC[C@@]1(O)C(=O)OCC(C)=C1/C=C1/c2nc3cc(F)c(C)c4c3c(c2CN1C=O)C(N)CS4=O. The van der Waals surface area contributed by atoms with Gasteiger partial charge in [0.1, 0.15) is 12.4 Å². The van der Waals surface area contributed by atoms with Crippen molar-refractivity contribution in [3.63, 3.8) is 0 Å². The van der Waals surface area contributed by atoms with Crippen LogP contribution < -0.4 is 5.73 Å². The molecule has 1 aromatic heterocycles. The molecule has 2 unspecified atom stereocenters. The Balaban J connectivity index is 1.83. The highest BCUT2D eigenvalue weighted by Crippen LogP contribution is 2.45. The van der Waals surface area contributed by atoms with Gasteiger partial charge in [-0.1, -0.05) is 6.92 Å². The molecule has 0 radical (unpaired) electrons. The van der Waals surface area contributed by atoms with E-state index in [2.05, 4.69) is 4.98 Å². The second kappa shape index (κ2) is 7.79. The summed E-state index contributed by atoms with van der Waals surface area (Å²) in [5, 5.41) is 11.7. The van der Waals surface area contributed by atoms with E-state index in [0.717, 1.165) is 0 Å². The Kier molecular flexibility index (Phi) is 5.23. The molecule has 0 saturated heterocycles. The summed E-state index contributed by atoms with van der Waals surface area (Å²) in [6.45, 7) is 5.19. The topological polar surface area (TPSA) is 123 Å². The summed E-state index contributed by atoms with van der Waals surface area (Å²) in [4.78, 5) is 31.0. The summed E-state index contributed by atoms with van der Waals surface area (Å²) in [7, 11) is -1.48. The Labute approximate surface area is 197 Å². The average molecular weight is 486 g/mol. The molecule has 3 aliphatic heterocycles. The number of carbonyl (C=O) groups is 2. The highest BCUT2D eigenvalue weighted by Gasteiger charge is 2.44. The lowest BCUT2D eigenvalue weighted by Crippen LogP contribution is -2.45. The molecule has 0 bridgehead atoms. The van der Waals surface area contributed by atoms with E-state index in [-0.39, 0.29) is 25.3 Å². The van der Waals surface area contributed by atoms with Crippen LogP contribution in [0.3, 0.4) is 0 Å². The van der Waals surface area contributed by atoms with Crippen molar-refractivity contribution in [1.29, 1.82) is 0 Å². The first-order valence-electron chi connectivity index (χ1n) is 11.0. The normalized spacial score (nSPS) is 27.4. The maximum atomic E-state index is 14.7. The molecule has 1 amide bonds. The number of rotatable bonds is 3. The quantitative estimate of drug-likeness (QED) is 0.504. The molecule has 0 spiro atoms. The molecule has 3 N–H and O–H groups in total. The molecule has 4 heterocycles. The monoisotopic (exact) mass is 485 g/mol. The van der Waals surface area contributed by atoms with Crippen LogP contribution in [-0.4, -0.2) is 49.5 Å². The number of aromatic nitrogens is 1. The molecular weight excluding hydrogens is 461 g/mol. The van der Waals surface area contributed by atoms with E-state index in [4.69, 9.17) is 10.5 Å². The van der Waals surface area contributed by atoms with Crippen molar-refractivity contribution in [2.45, 2.75) is 50.3 Å². The number of pyridine rings is 1. The first-order valence-corrected chi connectivity index (χ1v) is 12.3. The predicted molar refractivity (Wildman–Crippen MR) is 123 cm³/mol. The van der Waals surface area contributed by atoms with E-state index in [9.17, 15) is 23.3 Å². The van der Waals surface area contributed by atoms with Gasteiger partial charge in [-0.05, 0) is 43.1 Å². The standard InChI is InChI=1S/C24H24FN3O5S/c1-4-24(31)14(11(2)8-33-23(24)30)5-18-21-13(7-28(18)10-29)19-16(26)9-34(32)22-12(3)15(25)6-17(27-21)20(19)22/h5-6,10,16,31H,4,7-9,26H2,1-3H3/b18-5-/t16?,24-,34?/m0/s1. The number of esters is 1. The third kappa shape index (κ3) is 3.02. The largest absolute Gasteiger partial charge is 0.459 e. The van der Waals surface area contributed by atoms with Gasteiger partial charge in [0.15, 0.2) is 5.60 Å². The third-order valence-electron chi connectivity index (χ3n) is 6.95. The number of halogens is 1. The summed E-state index contributed by atoms with van der Waals surface area (Å²) in [5.74, 6) is -1.14. The van der Waals surface area contributed by atoms with Crippen LogP contribution in [0.25, 0.3) is 16.6 Å². The molecular formula is C24H24FN3O5S. The lowest BCUT2D eigenvalue weighted by molar-refractivity contribution is -0.162. The minimum Gasteiger partial charge on any atom is -0.459 e. The minimum atomic E-state index is -1.86. The summed E-state index contributed by atoms with van der Waals surface area (Å²) in [6, 6.07) is 0.711. The number of ether oxygens (including phenoxy) is 1. The van der Waals surface area contributed by atoms with Gasteiger partial charge < -0.3 is 20.5 Å². The molecule has 3 atom stereocenters. The maximum Gasteiger partial charge on any atom is 0.343 e. The van der Waals surface area contributed by atoms with Crippen LogP contribution in [0.15, 0.2) is 28.2 Å². The Morgan fingerprint density at radius 3 is 2.85 bits per heavy atom. The Bertz CT molecular complexity index is 1380. The van der Waals surface area contributed by atoms with Gasteiger partial charge in [0.05, 0.1) is 39.1 Å². The van der Waals surface area contributed by atoms with Gasteiger partial charge in [-0.25, -0.2) is 14.2 Å². The number of nitrogens with zero attached hydrogens (tertiary/aromatic N) is 2. The van der Waals surface area contributed by atoms with Crippen molar-refractivity contribution in [1.82, 2.24) is 9.88 Å². The average Bonchev–Trinajstić information content (AvgIpc) is 3.15. The van der Waals surface area contributed by atoms with Gasteiger partial charge in [0, 0.05) is 34.4 Å². The smallest absolute Gasteiger partial charge is 0.343 e. The highest BCUT2D eigenvalue weighted by molar-refractivity contribution is 7.85. The van der Waals surface area contributed by atoms with Crippen molar-refractivity contribution in [3.05, 3.63) is 51.5 Å². The lowest BCUT2D eigenvalue weighted by atomic mass is 9.85. The fourth-order valence-corrected chi connectivity index (χ4v) is 6.65. The van der Waals surface area contributed by atoms with Crippen molar-refractivity contribution in [3.8, 4) is 0 Å². The van der Waals surface area contributed by atoms with Crippen molar-refractivity contribution in [2.75, 3.05) is 12.4 Å². The van der Waals surface area contributed by atoms with Gasteiger partial charge in [-0.2, -0.15) is 0 Å². The van der Waals surface area contributed by atoms with Crippen molar-refractivity contribution < 1.29 is 28.0 Å². The number of cyclic esters (lactones) is 1. The molecule has 8 nitrogen and oxygen atoms in total. The van der Waals surface area contributed by atoms with Crippen LogP contribution in [0.4, 0.5) is 4.39 Å². The van der Waals surface area contributed by atoms with Crippen LogP contribution in [0, 0.1) is 12.7 Å². The highest BCUT2D eigenvalue weighted by atomic mass is 32.2. The molecule has 5 rings (SSSR count). The van der Waals surface area contributed by atoms with Crippen molar-refractivity contribution >= 4 is 39.8 Å². The van der Waals surface area contributed by atoms with Gasteiger partial charge in [-0.3, -0.25) is 9.00 Å². The van der Waals surface area contributed by atoms with E-state index in [1.165, 1.54) is 11.0 Å². The number of amides is 1. The Hall–Kier alpha value is -2.95. The number of carbonyl (C=O) groups excluding carboxylic acids is 2. The predicted octanol–water partition coefficient (Wildman–Crippen LogP) is 2.13. The molecule has 2 aromatic rings. The lowest BCUT2D eigenvalue weighted by Gasteiger charge is -2.32. The van der Waals surface area contributed by atoms with Crippen molar-refractivity contribution in [2.24, 2.45) is 5.73 Å². The molecule has 34 heavy (non-hydrogen) atoms. The molecule has 1 aromatic carbocycles. The second-order valence-corrected chi connectivity index (χ2v) is 10.4. The Morgan fingerprint density at radius 1 is 1.44 bits per heavy atom. The number of hydrogen-bond acceptors (Lipinski definition) is 7. The number of aliphatic hydroxyl groups is 1. The zero-order chi connectivity index (χ0) is 24.5. The van der Waals surface area contributed by atoms with E-state index >= 15 is 0 Å². The summed E-state index contributed by atoms with van der Waals surface area (Å²) in [6.07, 6.45) is 2.31. The molecule has 0 aliphatic carbocycles. The van der Waals surface area contributed by atoms with Gasteiger partial charge >= 0.3 is 5.97 Å². The van der Waals surface area contributed by atoms with E-state index in [0.29, 0.717) is 61.4 Å². The number of hydrogen-bond donors (Lipinski definition) is 2. The number of nitrogens with two attached hydrogens (primary N) is 1. The molecule has 178 valence electrons. The Morgan fingerprint density at radius 2 is 2.18 bits per heavy atom. The van der Waals surface area contributed by atoms with E-state index in [1.807, 2.05) is 0 Å². The summed E-state index contributed by atoms with van der Waals surface area (Å²) >= 11 is 0. The third-order valence-corrected chi connectivity index (χ3v) is 8.58. The fourth-order valence-electron chi connectivity index (χ4n) is 5.11. The van der Waals surface area contributed by atoms with Crippen LogP contribution >= 0.6 is 0 Å². The van der Waals surface area contributed by atoms with E-state index in [1.54, 1.807) is 26.8 Å². The zero-order valence-corrected chi connectivity index (χ0v) is 19.8. The zero-order valence-electron chi connectivity index (χ0n) is 19.0. The first-order chi connectivity index (χ1) is 16.1. The second-order valence-electron chi connectivity index (χ2n) is 8.92. The summed E-state index contributed by atoms with van der Waals surface area (Å²) < 4.78 is 32.7. The molecule has 10 heteroatoms. The van der Waals surface area contributed by atoms with Gasteiger partial charge in [0.2, 0.25) is 6.41 Å². The fraction of sp³-hybridized carbons (Fsp3) is 0.375. The molecule has 0 saturated carbocycles. The van der Waals surface area contributed by atoms with Crippen LogP contribution in [0.1, 0.15) is 48.7 Å². The van der Waals surface area contributed by atoms with Gasteiger partial charge in [0.25, 0.3) is 0 Å². The maximum absolute atomic E-state index is 14.7. The molecule has 0 fully saturated rings. The van der Waals surface area contributed by atoms with E-state index < -0.39 is 34.2 Å². The summed E-state index contributed by atoms with van der Waals surface area (Å²) in [5.41, 5.74) is 8.35. The van der Waals surface area contributed by atoms with Crippen LogP contribution in [-0.2, 0) is 31.7 Å². The number of fused-ring (bicyclic) bond motifs is 2. The number of benzene rings is 1. The van der Waals surface area contributed by atoms with Gasteiger partial charge in [-0.15, -0.1) is 0 Å². The minimum absolute atomic E-state index is 0.0230.